The number of carbonyl (C=O) groups is 2. The molecule has 2 unspecified atom stereocenters. The molecule has 1 aliphatic carbocycles. The van der Waals surface area contributed by atoms with Crippen molar-refractivity contribution >= 4 is 17.6 Å². The third-order valence-corrected chi connectivity index (χ3v) is 5.95. The molecule has 6 nitrogen and oxygen atoms in total. The third kappa shape index (κ3) is 3.86. The summed E-state index contributed by atoms with van der Waals surface area (Å²) in [5.41, 5.74) is 2.98. The third-order valence-electron chi connectivity index (χ3n) is 5.95. The van der Waals surface area contributed by atoms with E-state index in [1.54, 1.807) is 12.4 Å². The molecule has 2 aromatic rings. The Morgan fingerprint density at radius 1 is 1.25 bits per heavy atom. The second-order valence-electron chi connectivity index (χ2n) is 7.85. The Bertz CT molecular complexity index is 870. The lowest BCUT2D eigenvalue weighted by Crippen LogP contribution is -2.34. The van der Waals surface area contributed by atoms with Gasteiger partial charge in [-0.3, -0.25) is 9.78 Å². The minimum atomic E-state index is -0.0773. The highest BCUT2D eigenvalue weighted by molar-refractivity contribution is 5.90. The molecule has 1 aliphatic heterocycles. The van der Waals surface area contributed by atoms with Crippen LogP contribution in [0.5, 0.6) is 0 Å². The number of amides is 3. The molecule has 1 saturated carbocycles. The number of likely N-dealkylation sites (tertiary alicyclic amines) is 1. The lowest BCUT2D eigenvalue weighted by atomic mass is 10.0. The first-order valence-electron chi connectivity index (χ1n) is 9.91. The minimum Gasteiger partial charge on any atom is -0.352 e. The van der Waals surface area contributed by atoms with Crippen LogP contribution in [-0.4, -0.2) is 34.9 Å². The van der Waals surface area contributed by atoms with Crippen LogP contribution in [0.1, 0.15) is 30.9 Å². The lowest BCUT2D eigenvalue weighted by molar-refractivity contribution is -0.123. The number of hydrogen-bond donors (Lipinski definition) is 2. The maximum Gasteiger partial charge on any atom is 0.321 e. The van der Waals surface area contributed by atoms with Gasteiger partial charge in [-0.25, -0.2) is 4.79 Å². The standard InChI is InChI=1S/C22H26N4O2/c1-2-16-5-3-7-18(11-16)25-21(28)26-10-8-22(15-26)12-19(22)20(27)24-14-17-6-4-9-23-13-17/h3-7,9,11,13,19H,2,8,10,12,14-15H2,1H3,(H,24,27)(H,25,28). The quantitative estimate of drug-likeness (QED) is 0.839. The van der Waals surface area contributed by atoms with Crippen molar-refractivity contribution in [2.45, 2.75) is 32.7 Å². The van der Waals surface area contributed by atoms with Crippen molar-refractivity contribution in [3.63, 3.8) is 0 Å². The molecule has 6 heteroatoms. The van der Waals surface area contributed by atoms with Gasteiger partial charge in [0.1, 0.15) is 0 Å². The first-order chi connectivity index (χ1) is 13.6. The Morgan fingerprint density at radius 2 is 2.11 bits per heavy atom. The highest BCUT2D eigenvalue weighted by Crippen LogP contribution is 2.58. The van der Waals surface area contributed by atoms with Crippen LogP contribution >= 0.6 is 0 Å². The molecule has 2 heterocycles. The molecule has 2 N–H and O–H groups in total. The predicted octanol–water partition coefficient (Wildman–Crippen LogP) is 3.20. The number of nitrogens with zero attached hydrogens (tertiary/aromatic N) is 2. The molecule has 28 heavy (non-hydrogen) atoms. The number of carbonyl (C=O) groups excluding carboxylic acids is 2. The van der Waals surface area contributed by atoms with Crippen molar-refractivity contribution in [2.24, 2.45) is 11.3 Å². The average Bonchev–Trinajstić information content (AvgIpc) is 3.26. The normalized spacial score (nSPS) is 22.9. The Hall–Kier alpha value is -2.89. The van der Waals surface area contributed by atoms with Crippen LogP contribution in [0.15, 0.2) is 48.8 Å². The van der Waals surface area contributed by atoms with E-state index in [-0.39, 0.29) is 23.3 Å². The summed E-state index contributed by atoms with van der Waals surface area (Å²) < 4.78 is 0. The fourth-order valence-corrected chi connectivity index (χ4v) is 4.13. The van der Waals surface area contributed by atoms with Crippen LogP contribution in [0.2, 0.25) is 0 Å². The Labute approximate surface area is 165 Å². The molecule has 2 fully saturated rings. The number of benzene rings is 1. The van der Waals surface area contributed by atoms with Crippen LogP contribution in [0.25, 0.3) is 0 Å². The molecule has 146 valence electrons. The van der Waals surface area contributed by atoms with E-state index >= 15 is 0 Å². The number of anilines is 1. The number of aromatic nitrogens is 1. The SMILES string of the molecule is CCc1cccc(NC(=O)N2CCC3(CC3C(=O)NCc3cccnc3)C2)c1. The fourth-order valence-electron chi connectivity index (χ4n) is 4.13. The molecular weight excluding hydrogens is 352 g/mol. The van der Waals surface area contributed by atoms with Gasteiger partial charge in [0, 0.05) is 49.0 Å². The van der Waals surface area contributed by atoms with Gasteiger partial charge in [0.25, 0.3) is 0 Å². The maximum atomic E-state index is 12.6. The van der Waals surface area contributed by atoms with Crippen molar-refractivity contribution in [2.75, 3.05) is 18.4 Å². The highest BCUT2D eigenvalue weighted by atomic mass is 16.2. The first kappa shape index (κ1) is 18.5. The van der Waals surface area contributed by atoms with Crippen molar-refractivity contribution in [3.05, 3.63) is 59.9 Å². The first-order valence-corrected chi connectivity index (χ1v) is 9.91. The van der Waals surface area contributed by atoms with Crippen LogP contribution in [-0.2, 0) is 17.8 Å². The molecule has 2 atom stereocenters. The van der Waals surface area contributed by atoms with Crippen LogP contribution in [0.3, 0.4) is 0 Å². The second kappa shape index (κ2) is 7.62. The molecule has 4 rings (SSSR count). The number of pyridine rings is 1. The zero-order valence-corrected chi connectivity index (χ0v) is 16.1. The van der Waals surface area contributed by atoms with Gasteiger partial charge in [0.05, 0.1) is 0 Å². The maximum absolute atomic E-state index is 12.6. The van der Waals surface area contributed by atoms with E-state index in [0.29, 0.717) is 19.6 Å². The van der Waals surface area contributed by atoms with Crippen molar-refractivity contribution in [1.29, 1.82) is 0 Å². The van der Waals surface area contributed by atoms with Gasteiger partial charge in [-0.15, -0.1) is 0 Å². The van der Waals surface area contributed by atoms with Crippen molar-refractivity contribution in [1.82, 2.24) is 15.2 Å². The largest absolute Gasteiger partial charge is 0.352 e. The number of rotatable bonds is 5. The zero-order valence-electron chi connectivity index (χ0n) is 16.1. The number of urea groups is 1. The number of aryl methyl sites for hydroxylation is 1. The monoisotopic (exact) mass is 378 g/mol. The Kier molecular flexibility index (Phi) is 5.03. The summed E-state index contributed by atoms with van der Waals surface area (Å²) in [6.45, 7) is 3.94. The highest BCUT2D eigenvalue weighted by Gasteiger charge is 2.61. The molecule has 0 bridgehead atoms. The summed E-state index contributed by atoms with van der Waals surface area (Å²) in [6.07, 6.45) is 6.17. The van der Waals surface area contributed by atoms with Crippen molar-refractivity contribution < 1.29 is 9.59 Å². The van der Waals surface area contributed by atoms with E-state index in [1.165, 1.54) is 5.56 Å². The van der Waals surface area contributed by atoms with Crippen LogP contribution < -0.4 is 10.6 Å². The van der Waals surface area contributed by atoms with Crippen LogP contribution in [0, 0.1) is 11.3 Å². The fraction of sp³-hybridized carbons (Fsp3) is 0.409. The van der Waals surface area contributed by atoms with Gasteiger partial charge in [0.2, 0.25) is 5.91 Å². The summed E-state index contributed by atoms with van der Waals surface area (Å²) >= 11 is 0. The molecule has 3 amide bonds. The van der Waals surface area contributed by atoms with Gasteiger partial charge in [-0.1, -0.05) is 25.1 Å². The molecule has 1 aromatic heterocycles. The lowest BCUT2D eigenvalue weighted by Gasteiger charge is -2.18. The minimum absolute atomic E-state index is 0.00499. The summed E-state index contributed by atoms with van der Waals surface area (Å²) in [5.74, 6) is 0.0900. The smallest absolute Gasteiger partial charge is 0.321 e. The zero-order chi connectivity index (χ0) is 19.6. The van der Waals surface area contributed by atoms with E-state index in [2.05, 4.69) is 28.6 Å². The average molecular weight is 378 g/mol. The van der Waals surface area contributed by atoms with Gasteiger partial charge in [0.15, 0.2) is 0 Å². The number of nitrogens with one attached hydrogen (secondary N) is 2. The van der Waals surface area contributed by atoms with E-state index < -0.39 is 0 Å². The van der Waals surface area contributed by atoms with Gasteiger partial charge in [-0.05, 0) is 48.6 Å². The van der Waals surface area contributed by atoms with Crippen LogP contribution in [0.4, 0.5) is 10.5 Å². The molecule has 0 radical (unpaired) electrons. The van der Waals surface area contributed by atoms with E-state index in [4.69, 9.17) is 0 Å². The van der Waals surface area contributed by atoms with Gasteiger partial charge in [-0.2, -0.15) is 0 Å². The van der Waals surface area contributed by atoms with Crippen molar-refractivity contribution in [3.8, 4) is 0 Å². The molecule has 1 saturated heterocycles. The summed E-state index contributed by atoms with van der Waals surface area (Å²) in [5, 5.41) is 6.00. The second-order valence-corrected chi connectivity index (χ2v) is 7.85. The molecule has 1 spiro atoms. The summed E-state index contributed by atoms with van der Waals surface area (Å²) in [7, 11) is 0. The topological polar surface area (TPSA) is 74.3 Å². The molecule has 2 aliphatic rings. The van der Waals surface area contributed by atoms with E-state index in [0.717, 1.165) is 30.5 Å². The predicted molar refractivity (Wildman–Crippen MR) is 108 cm³/mol. The van der Waals surface area contributed by atoms with Gasteiger partial charge >= 0.3 is 6.03 Å². The van der Waals surface area contributed by atoms with E-state index in [9.17, 15) is 9.59 Å². The van der Waals surface area contributed by atoms with E-state index in [1.807, 2.05) is 35.2 Å². The summed E-state index contributed by atoms with van der Waals surface area (Å²) in [4.78, 5) is 31.1. The molecule has 1 aromatic carbocycles. The Balaban J connectivity index is 1.29. The summed E-state index contributed by atoms with van der Waals surface area (Å²) in [6, 6.07) is 11.7. The van der Waals surface area contributed by atoms with Gasteiger partial charge < -0.3 is 15.5 Å². The molecular formula is C22H26N4O2. The number of hydrogen-bond acceptors (Lipinski definition) is 3. The Morgan fingerprint density at radius 3 is 2.89 bits per heavy atom.